The molecule has 0 bridgehead atoms. The first-order valence-electron chi connectivity index (χ1n) is 5.24. The van der Waals surface area contributed by atoms with Gasteiger partial charge in [-0.2, -0.15) is 0 Å². The maximum Gasteiger partial charge on any atom is 0.223 e. The first-order chi connectivity index (χ1) is 6.67. The summed E-state index contributed by atoms with van der Waals surface area (Å²) in [7, 11) is 2.05. The molecule has 4 heteroatoms. The van der Waals surface area contributed by atoms with Gasteiger partial charge in [0.05, 0.1) is 0 Å². The summed E-state index contributed by atoms with van der Waals surface area (Å²) >= 11 is 0. The van der Waals surface area contributed by atoms with Crippen molar-refractivity contribution in [1.29, 1.82) is 0 Å². The molecule has 1 heterocycles. The van der Waals surface area contributed by atoms with Crippen LogP contribution in [-0.4, -0.2) is 60.6 Å². The quantitative estimate of drug-likeness (QED) is 0.667. The SMILES string of the molecule is CCN(C)CCN1CC(CO)CC1=O. The Morgan fingerprint density at radius 3 is 2.86 bits per heavy atom. The van der Waals surface area contributed by atoms with E-state index in [2.05, 4.69) is 11.8 Å². The molecule has 0 aromatic rings. The number of carbonyl (C=O) groups excluding carboxylic acids is 1. The molecule has 82 valence electrons. The molecular weight excluding hydrogens is 180 g/mol. The molecule has 1 aliphatic rings. The summed E-state index contributed by atoms with van der Waals surface area (Å²) in [5.74, 6) is 0.350. The predicted molar refractivity (Wildman–Crippen MR) is 54.9 cm³/mol. The molecule has 0 saturated carbocycles. The molecule has 0 aliphatic carbocycles. The van der Waals surface area contributed by atoms with Crippen molar-refractivity contribution in [2.75, 3.05) is 39.8 Å². The van der Waals surface area contributed by atoms with Crippen molar-refractivity contribution >= 4 is 5.91 Å². The lowest BCUT2D eigenvalue weighted by Crippen LogP contribution is -2.34. The minimum Gasteiger partial charge on any atom is -0.396 e. The van der Waals surface area contributed by atoms with Crippen LogP contribution in [0.3, 0.4) is 0 Å². The van der Waals surface area contributed by atoms with Gasteiger partial charge in [0.2, 0.25) is 5.91 Å². The predicted octanol–water partition coefficient (Wildman–Crippen LogP) is -0.221. The van der Waals surface area contributed by atoms with E-state index in [1.165, 1.54) is 0 Å². The first-order valence-corrected chi connectivity index (χ1v) is 5.24. The lowest BCUT2D eigenvalue weighted by atomic mass is 10.1. The number of likely N-dealkylation sites (N-methyl/N-ethyl adjacent to an activating group) is 1. The van der Waals surface area contributed by atoms with Crippen molar-refractivity contribution < 1.29 is 9.90 Å². The monoisotopic (exact) mass is 200 g/mol. The third kappa shape index (κ3) is 2.96. The number of hydrogen-bond donors (Lipinski definition) is 1. The van der Waals surface area contributed by atoms with Gasteiger partial charge in [-0.3, -0.25) is 4.79 Å². The van der Waals surface area contributed by atoms with Gasteiger partial charge < -0.3 is 14.9 Å². The second-order valence-corrected chi connectivity index (χ2v) is 3.99. The second kappa shape index (κ2) is 5.32. The van der Waals surface area contributed by atoms with E-state index in [0.29, 0.717) is 6.42 Å². The van der Waals surface area contributed by atoms with Crippen LogP contribution in [0.15, 0.2) is 0 Å². The Labute approximate surface area is 85.5 Å². The van der Waals surface area contributed by atoms with E-state index in [9.17, 15) is 4.79 Å². The van der Waals surface area contributed by atoms with Gasteiger partial charge in [0, 0.05) is 38.6 Å². The third-order valence-electron chi connectivity index (χ3n) is 2.84. The summed E-state index contributed by atoms with van der Waals surface area (Å²) in [6, 6.07) is 0. The smallest absolute Gasteiger partial charge is 0.223 e. The molecule has 0 aromatic heterocycles. The van der Waals surface area contributed by atoms with Crippen molar-refractivity contribution in [3.05, 3.63) is 0 Å². The van der Waals surface area contributed by atoms with Crippen LogP contribution in [0, 0.1) is 5.92 Å². The molecule has 0 radical (unpaired) electrons. The number of rotatable bonds is 5. The number of nitrogens with zero attached hydrogens (tertiary/aromatic N) is 2. The molecule has 1 unspecified atom stereocenters. The average Bonchev–Trinajstić information content (AvgIpc) is 2.55. The summed E-state index contributed by atoms with van der Waals surface area (Å²) in [5, 5.41) is 8.94. The number of aliphatic hydroxyl groups excluding tert-OH is 1. The van der Waals surface area contributed by atoms with Crippen LogP contribution in [0.2, 0.25) is 0 Å². The highest BCUT2D eigenvalue weighted by Crippen LogP contribution is 2.16. The van der Waals surface area contributed by atoms with Crippen molar-refractivity contribution in [2.24, 2.45) is 5.92 Å². The molecule has 1 fully saturated rings. The molecule has 1 N–H and O–H groups in total. The molecule has 1 aliphatic heterocycles. The minimum absolute atomic E-state index is 0.131. The summed E-state index contributed by atoms with van der Waals surface area (Å²) in [5.41, 5.74) is 0. The van der Waals surface area contributed by atoms with Gasteiger partial charge in [0.25, 0.3) is 0 Å². The van der Waals surface area contributed by atoms with Crippen LogP contribution in [0.5, 0.6) is 0 Å². The van der Waals surface area contributed by atoms with Crippen molar-refractivity contribution in [1.82, 2.24) is 9.80 Å². The summed E-state index contributed by atoms with van der Waals surface area (Å²) in [6.07, 6.45) is 0.520. The van der Waals surface area contributed by atoms with E-state index in [1.807, 2.05) is 11.9 Å². The molecule has 0 aromatic carbocycles. The molecule has 1 atom stereocenters. The van der Waals surface area contributed by atoms with Crippen molar-refractivity contribution in [3.63, 3.8) is 0 Å². The highest BCUT2D eigenvalue weighted by Gasteiger charge is 2.28. The summed E-state index contributed by atoms with van der Waals surface area (Å²) in [4.78, 5) is 15.5. The standard InChI is InChI=1S/C10H20N2O2/c1-3-11(2)4-5-12-7-9(8-13)6-10(12)14/h9,13H,3-8H2,1-2H3. The fraction of sp³-hybridized carbons (Fsp3) is 0.900. The molecule has 0 spiro atoms. The van der Waals surface area contributed by atoms with Crippen LogP contribution in [0.1, 0.15) is 13.3 Å². The highest BCUT2D eigenvalue weighted by atomic mass is 16.3. The molecule has 1 amide bonds. The number of carbonyl (C=O) groups is 1. The van der Waals surface area contributed by atoms with Gasteiger partial charge in [-0.25, -0.2) is 0 Å². The number of hydrogen-bond acceptors (Lipinski definition) is 3. The van der Waals surface area contributed by atoms with E-state index in [1.54, 1.807) is 0 Å². The van der Waals surface area contributed by atoms with Gasteiger partial charge in [0.1, 0.15) is 0 Å². The van der Waals surface area contributed by atoms with E-state index in [0.717, 1.165) is 26.2 Å². The fourth-order valence-electron chi connectivity index (χ4n) is 1.64. The van der Waals surface area contributed by atoms with E-state index in [4.69, 9.17) is 5.11 Å². The van der Waals surface area contributed by atoms with E-state index < -0.39 is 0 Å². The number of aliphatic hydroxyl groups is 1. The van der Waals surface area contributed by atoms with Gasteiger partial charge in [0.15, 0.2) is 0 Å². The highest BCUT2D eigenvalue weighted by molar-refractivity contribution is 5.78. The Morgan fingerprint density at radius 1 is 1.64 bits per heavy atom. The second-order valence-electron chi connectivity index (χ2n) is 3.99. The molecule has 4 nitrogen and oxygen atoms in total. The molecular formula is C10H20N2O2. The summed E-state index contributed by atoms with van der Waals surface area (Å²) < 4.78 is 0. The van der Waals surface area contributed by atoms with Crippen LogP contribution in [0.25, 0.3) is 0 Å². The maximum atomic E-state index is 11.4. The Hall–Kier alpha value is -0.610. The third-order valence-corrected chi connectivity index (χ3v) is 2.84. The lowest BCUT2D eigenvalue weighted by molar-refractivity contribution is -0.127. The zero-order valence-electron chi connectivity index (χ0n) is 9.07. The zero-order valence-corrected chi connectivity index (χ0v) is 9.07. The normalized spacial score (nSPS) is 22.4. The topological polar surface area (TPSA) is 43.8 Å². The number of amides is 1. The van der Waals surface area contributed by atoms with Crippen LogP contribution >= 0.6 is 0 Å². The Kier molecular flexibility index (Phi) is 4.35. The Balaban J connectivity index is 2.28. The van der Waals surface area contributed by atoms with Crippen LogP contribution in [-0.2, 0) is 4.79 Å². The van der Waals surface area contributed by atoms with Gasteiger partial charge in [-0.1, -0.05) is 6.92 Å². The van der Waals surface area contributed by atoms with E-state index in [-0.39, 0.29) is 18.4 Å². The number of likely N-dealkylation sites (tertiary alicyclic amines) is 1. The van der Waals surface area contributed by atoms with Crippen molar-refractivity contribution in [2.45, 2.75) is 13.3 Å². The summed E-state index contributed by atoms with van der Waals surface area (Å²) in [6.45, 7) is 5.67. The lowest BCUT2D eigenvalue weighted by Gasteiger charge is -2.20. The van der Waals surface area contributed by atoms with Crippen molar-refractivity contribution in [3.8, 4) is 0 Å². The van der Waals surface area contributed by atoms with Gasteiger partial charge in [-0.15, -0.1) is 0 Å². The van der Waals surface area contributed by atoms with Crippen LogP contribution in [0.4, 0.5) is 0 Å². The van der Waals surface area contributed by atoms with Gasteiger partial charge in [-0.05, 0) is 13.6 Å². The van der Waals surface area contributed by atoms with Crippen LogP contribution < -0.4 is 0 Å². The fourth-order valence-corrected chi connectivity index (χ4v) is 1.64. The first kappa shape index (κ1) is 11.5. The Morgan fingerprint density at radius 2 is 2.36 bits per heavy atom. The molecule has 1 rings (SSSR count). The molecule has 1 saturated heterocycles. The molecule has 14 heavy (non-hydrogen) atoms. The Bertz CT molecular complexity index is 197. The largest absolute Gasteiger partial charge is 0.396 e. The average molecular weight is 200 g/mol. The van der Waals surface area contributed by atoms with Gasteiger partial charge >= 0.3 is 0 Å². The zero-order chi connectivity index (χ0) is 10.6. The minimum atomic E-state index is 0.131. The maximum absolute atomic E-state index is 11.4. The van der Waals surface area contributed by atoms with E-state index >= 15 is 0 Å².